The minimum atomic E-state index is -1.06. The first-order valence-corrected chi connectivity index (χ1v) is 7.08. The topological polar surface area (TPSA) is 92.9 Å². The number of ether oxygens (including phenoxy) is 1. The van der Waals surface area contributed by atoms with E-state index < -0.39 is 5.97 Å². The number of carboxylic acids is 1. The Hall–Kier alpha value is -2.08. The second-order valence-corrected chi connectivity index (χ2v) is 5.07. The lowest BCUT2D eigenvalue weighted by molar-refractivity contribution is -0.119. The number of nitrogens with two attached hydrogens (primary N) is 1. The number of nitrogens with zero attached hydrogens (tertiary/aromatic N) is 1. The van der Waals surface area contributed by atoms with Gasteiger partial charge in [-0.25, -0.2) is 4.79 Å². The summed E-state index contributed by atoms with van der Waals surface area (Å²) in [6, 6.07) is 4.81. The fraction of sp³-hybridized carbons (Fsp3) is 0.467. The first-order chi connectivity index (χ1) is 10.1. The molecule has 3 N–H and O–H groups in total. The summed E-state index contributed by atoms with van der Waals surface area (Å²) in [5, 5.41) is 9.19. The average molecular weight is 292 g/mol. The van der Waals surface area contributed by atoms with Crippen molar-refractivity contribution in [2.75, 3.05) is 24.6 Å². The van der Waals surface area contributed by atoms with Crippen LogP contribution in [0.5, 0.6) is 5.75 Å². The molecule has 0 radical (unpaired) electrons. The van der Waals surface area contributed by atoms with Crippen molar-refractivity contribution >= 4 is 17.6 Å². The van der Waals surface area contributed by atoms with Gasteiger partial charge in [-0.2, -0.15) is 0 Å². The fourth-order valence-electron chi connectivity index (χ4n) is 2.43. The molecule has 0 bridgehead atoms. The second-order valence-electron chi connectivity index (χ2n) is 5.07. The van der Waals surface area contributed by atoms with Crippen LogP contribution in [0, 0.1) is 5.92 Å². The van der Waals surface area contributed by atoms with Gasteiger partial charge in [0.25, 0.3) is 0 Å². The average Bonchev–Trinajstić information content (AvgIpc) is 2.50. The molecule has 0 aliphatic carbocycles. The summed E-state index contributed by atoms with van der Waals surface area (Å²) in [6.07, 6.45) is 1.21. The smallest absolute Gasteiger partial charge is 0.339 e. The third kappa shape index (κ3) is 3.16. The van der Waals surface area contributed by atoms with Gasteiger partial charge in [-0.15, -0.1) is 0 Å². The van der Waals surface area contributed by atoms with Crippen molar-refractivity contribution in [1.29, 1.82) is 0 Å². The molecule has 114 valence electrons. The lowest BCUT2D eigenvalue weighted by Gasteiger charge is -2.31. The van der Waals surface area contributed by atoms with Gasteiger partial charge in [0, 0.05) is 6.42 Å². The minimum Gasteiger partial charge on any atom is -0.489 e. The zero-order chi connectivity index (χ0) is 15.4. The third-order valence-corrected chi connectivity index (χ3v) is 3.75. The van der Waals surface area contributed by atoms with Crippen molar-refractivity contribution in [2.24, 2.45) is 11.7 Å². The van der Waals surface area contributed by atoms with Gasteiger partial charge in [-0.05, 0) is 24.6 Å². The molecule has 1 atom stereocenters. The number of carboxylic acid groups (broad SMARTS) is 1. The first-order valence-electron chi connectivity index (χ1n) is 7.08. The summed E-state index contributed by atoms with van der Waals surface area (Å²) in [6.45, 7) is 3.19. The number of carbonyl (C=O) groups excluding carboxylic acids is 1. The predicted molar refractivity (Wildman–Crippen MR) is 78.7 cm³/mol. The van der Waals surface area contributed by atoms with E-state index >= 15 is 0 Å². The van der Waals surface area contributed by atoms with Crippen molar-refractivity contribution in [3.8, 4) is 5.75 Å². The number of benzene rings is 1. The molecule has 6 nitrogen and oxygen atoms in total. The Bertz CT molecular complexity index is 540. The third-order valence-electron chi connectivity index (χ3n) is 3.75. The van der Waals surface area contributed by atoms with Gasteiger partial charge in [-0.3, -0.25) is 4.79 Å². The standard InChI is InChI=1S/C15H20N2O4/c1-2-10(9-16)8-13(18)17-6-7-21-14-11(15(19)20)4-3-5-12(14)17/h3-5,10H,2,6-9,16H2,1H3,(H,19,20). The molecule has 0 saturated carbocycles. The summed E-state index contributed by atoms with van der Waals surface area (Å²) < 4.78 is 5.45. The lowest BCUT2D eigenvalue weighted by Crippen LogP contribution is -2.39. The van der Waals surface area contributed by atoms with Crippen LogP contribution in [0.4, 0.5) is 5.69 Å². The number of rotatable bonds is 5. The van der Waals surface area contributed by atoms with Crippen molar-refractivity contribution in [1.82, 2.24) is 0 Å². The van der Waals surface area contributed by atoms with E-state index in [4.69, 9.17) is 10.5 Å². The Morgan fingerprint density at radius 1 is 1.48 bits per heavy atom. The maximum atomic E-state index is 12.4. The summed E-state index contributed by atoms with van der Waals surface area (Å²) >= 11 is 0. The largest absolute Gasteiger partial charge is 0.489 e. The summed E-state index contributed by atoms with van der Waals surface area (Å²) in [4.78, 5) is 25.3. The minimum absolute atomic E-state index is 0.0422. The predicted octanol–water partition coefficient (Wildman–Crippen LogP) is 1.49. The molecule has 21 heavy (non-hydrogen) atoms. The maximum absolute atomic E-state index is 12.4. The van der Waals surface area contributed by atoms with E-state index in [0.717, 1.165) is 6.42 Å². The number of anilines is 1. The molecule has 0 saturated heterocycles. The molecule has 0 spiro atoms. The van der Waals surface area contributed by atoms with E-state index in [1.165, 1.54) is 6.07 Å². The van der Waals surface area contributed by atoms with E-state index in [2.05, 4.69) is 0 Å². The van der Waals surface area contributed by atoms with Crippen LogP contribution in [0.25, 0.3) is 0 Å². The van der Waals surface area contributed by atoms with Gasteiger partial charge in [-0.1, -0.05) is 19.4 Å². The molecular formula is C15H20N2O4. The zero-order valence-electron chi connectivity index (χ0n) is 12.0. The van der Waals surface area contributed by atoms with E-state index in [9.17, 15) is 14.7 Å². The Morgan fingerprint density at radius 3 is 2.86 bits per heavy atom. The Balaban J connectivity index is 2.28. The van der Waals surface area contributed by atoms with Crippen LogP contribution >= 0.6 is 0 Å². The highest BCUT2D eigenvalue weighted by molar-refractivity contribution is 6.00. The van der Waals surface area contributed by atoms with Gasteiger partial charge >= 0.3 is 5.97 Å². The van der Waals surface area contributed by atoms with Crippen LogP contribution < -0.4 is 15.4 Å². The summed E-state index contributed by atoms with van der Waals surface area (Å²) in [7, 11) is 0. The van der Waals surface area contributed by atoms with Crippen molar-refractivity contribution in [2.45, 2.75) is 19.8 Å². The fourth-order valence-corrected chi connectivity index (χ4v) is 2.43. The number of aromatic carboxylic acids is 1. The molecule has 0 fully saturated rings. The van der Waals surface area contributed by atoms with Gasteiger partial charge < -0.3 is 20.5 Å². The number of carbonyl (C=O) groups is 2. The Morgan fingerprint density at radius 2 is 2.24 bits per heavy atom. The number of amides is 1. The van der Waals surface area contributed by atoms with Crippen molar-refractivity contribution in [3.63, 3.8) is 0 Å². The zero-order valence-corrected chi connectivity index (χ0v) is 12.0. The number of para-hydroxylation sites is 1. The second kappa shape index (κ2) is 6.58. The van der Waals surface area contributed by atoms with E-state index in [0.29, 0.717) is 31.8 Å². The van der Waals surface area contributed by atoms with Gasteiger partial charge in [0.1, 0.15) is 12.2 Å². The maximum Gasteiger partial charge on any atom is 0.339 e. The normalized spacial score (nSPS) is 15.0. The van der Waals surface area contributed by atoms with Crippen LogP contribution in [0.2, 0.25) is 0 Å². The highest BCUT2D eigenvalue weighted by Crippen LogP contribution is 2.35. The molecule has 1 aliphatic rings. The molecule has 1 amide bonds. The van der Waals surface area contributed by atoms with Crippen molar-refractivity contribution < 1.29 is 19.4 Å². The van der Waals surface area contributed by atoms with Crippen LogP contribution in [-0.4, -0.2) is 36.7 Å². The molecule has 1 aromatic carbocycles. The van der Waals surface area contributed by atoms with Gasteiger partial charge in [0.15, 0.2) is 5.75 Å². The molecule has 1 unspecified atom stereocenters. The number of hydrogen-bond acceptors (Lipinski definition) is 4. The number of fused-ring (bicyclic) bond motifs is 1. The van der Waals surface area contributed by atoms with Crippen molar-refractivity contribution in [3.05, 3.63) is 23.8 Å². The molecule has 1 aliphatic heterocycles. The highest BCUT2D eigenvalue weighted by atomic mass is 16.5. The number of hydrogen-bond donors (Lipinski definition) is 2. The lowest BCUT2D eigenvalue weighted by atomic mass is 10.0. The van der Waals surface area contributed by atoms with Crippen LogP contribution in [0.3, 0.4) is 0 Å². The molecule has 6 heteroatoms. The summed E-state index contributed by atoms with van der Waals surface area (Å²) in [5.41, 5.74) is 6.25. The SMILES string of the molecule is CCC(CN)CC(=O)N1CCOc2c(C(=O)O)cccc21. The van der Waals surface area contributed by atoms with E-state index in [1.54, 1.807) is 17.0 Å². The molecule has 2 rings (SSSR count). The first kappa shape index (κ1) is 15.3. The van der Waals surface area contributed by atoms with E-state index in [-0.39, 0.29) is 23.1 Å². The molecular weight excluding hydrogens is 272 g/mol. The Kier molecular flexibility index (Phi) is 4.80. The van der Waals surface area contributed by atoms with Crippen LogP contribution in [-0.2, 0) is 4.79 Å². The quantitative estimate of drug-likeness (QED) is 0.857. The monoisotopic (exact) mass is 292 g/mol. The molecule has 1 heterocycles. The van der Waals surface area contributed by atoms with Gasteiger partial charge in [0.2, 0.25) is 5.91 Å². The summed E-state index contributed by atoms with van der Waals surface area (Å²) in [5.74, 6) is -0.689. The Labute approximate surface area is 123 Å². The van der Waals surface area contributed by atoms with Crippen LogP contribution in [0.15, 0.2) is 18.2 Å². The van der Waals surface area contributed by atoms with Crippen LogP contribution in [0.1, 0.15) is 30.1 Å². The van der Waals surface area contributed by atoms with Gasteiger partial charge in [0.05, 0.1) is 12.2 Å². The molecule has 0 aromatic heterocycles. The van der Waals surface area contributed by atoms with E-state index in [1.807, 2.05) is 6.92 Å². The molecule has 1 aromatic rings. The highest BCUT2D eigenvalue weighted by Gasteiger charge is 2.28.